The first-order valence-electron chi connectivity index (χ1n) is 7.15. The molecule has 2 aromatic rings. The summed E-state index contributed by atoms with van der Waals surface area (Å²) < 4.78 is 10.8. The van der Waals surface area contributed by atoms with Crippen molar-refractivity contribution in [2.45, 2.75) is 0 Å². The van der Waals surface area contributed by atoms with Gasteiger partial charge in [-0.15, -0.1) is 0 Å². The van der Waals surface area contributed by atoms with Crippen molar-refractivity contribution < 1.29 is 23.9 Å². The summed E-state index contributed by atoms with van der Waals surface area (Å²) >= 11 is 3.30. The van der Waals surface area contributed by atoms with Crippen LogP contribution in [0.5, 0.6) is 5.75 Å². The molecular weight excluding hydrogens is 392 g/mol. The summed E-state index contributed by atoms with van der Waals surface area (Å²) in [7, 11) is 1.27. The summed E-state index contributed by atoms with van der Waals surface area (Å²) in [5.41, 5.74) is 5.12. The first kappa shape index (κ1) is 18.5. The van der Waals surface area contributed by atoms with Gasteiger partial charge in [0.15, 0.2) is 6.61 Å². The Morgan fingerprint density at radius 1 is 0.920 bits per heavy atom. The first-order valence-corrected chi connectivity index (χ1v) is 7.95. The fourth-order valence-electron chi connectivity index (χ4n) is 1.79. The maximum Gasteiger partial charge on any atom is 0.337 e. The van der Waals surface area contributed by atoms with Crippen LogP contribution < -0.4 is 15.6 Å². The van der Waals surface area contributed by atoms with Gasteiger partial charge < -0.3 is 9.47 Å². The van der Waals surface area contributed by atoms with Gasteiger partial charge in [-0.25, -0.2) is 4.79 Å². The van der Waals surface area contributed by atoms with Gasteiger partial charge in [-0.1, -0.05) is 15.9 Å². The highest BCUT2D eigenvalue weighted by Gasteiger charge is 2.10. The van der Waals surface area contributed by atoms with Gasteiger partial charge in [0, 0.05) is 10.0 Å². The van der Waals surface area contributed by atoms with E-state index in [1.165, 1.54) is 31.4 Å². The minimum absolute atomic E-state index is 0.247. The third kappa shape index (κ3) is 5.61. The molecule has 2 rings (SSSR count). The molecule has 0 aliphatic carbocycles. The molecule has 25 heavy (non-hydrogen) atoms. The molecule has 0 spiro atoms. The Kier molecular flexibility index (Phi) is 6.53. The van der Waals surface area contributed by atoms with Crippen LogP contribution in [0.4, 0.5) is 0 Å². The Hall–Kier alpha value is -2.87. The molecule has 130 valence electrons. The molecule has 7 nitrogen and oxygen atoms in total. The third-order valence-corrected chi connectivity index (χ3v) is 3.60. The molecule has 8 heteroatoms. The highest BCUT2D eigenvalue weighted by Crippen LogP contribution is 2.15. The third-order valence-electron chi connectivity index (χ3n) is 3.07. The van der Waals surface area contributed by atoms with E-state index in [4.69, 9.17) is 4.74 Å². The van der Waals surface area contributed by atoms with Crippen molar-refractivity contribution in [1.29, 1.82) is 0 Å². The second-order valence-electron chi connectivity index (χ2n) is 4.81. The summed E-state index contributed by atoms with van der Waals surface area (Å²) in [5, 5.41) is 0. The standard InChI is InChI=1S/C17H15BrN2O5/c1-24-17(23)12-4-2-11(3-5-12)16(22)20-19-15(21)10-25-14-8-6-13(18)7-9-14/h2-9H,10H2,1H3,(H,19,21)(H,20,22). The summed E-state index contributed by atoms with van der Waals surface area (Å²) in [6.07, 6.45) is 0. The van der Waals surface area contributed by atoms with E-state index in [2.05, 4.69) is 31.5 Å². The zero-order valence-corrected chi connectivity index (χ0v) is 14.8. The van der Waals surface area contributed by atoms with Crippen LogP contribution in [0.15, 0.2) is 53.0 Å². The van der Waals surface area contributed by atoms with Gasteiger partial charge in [0.1, 0.15) is 5.75 Å². The maximum absolute atomic E-state index is 11.9. The minimum Gasteiger partial charge on any atom is -0.484 e. The van der Waals surface area contributed by atoms with Gasteiger partial charge in [0.25, 0.3) is 11.8 Å². The number of benzene rings is 2. The summed E-state index contributed by atoms with van der Waals surface area (Å²) in [4.78, 5) is 34.9. The van der Waals surface area contributed by atoms with E-state index >= 15 is 0 Å². The van der Waals surface area contributed by atoms with E-state index < -0.39 is 17.8 Å². The lowest BCUT2D eigenvalue weighted by molar-refractivity contribution is -0.123. The summed E-state index contributed by atoms with van der Waals surface area (Å²) in [6, 6.07) is 12.8. The average molecular weight is 407 g/mol. The highest BCUT2D eigenvalue weighted by atomic mass is 79.9. The van der Waals surface area contributed by atoms with Gasteiger partial charge >= 0.3 is 5.97 Å². The second-order valence-corrected chi connectivity index (χ2v) is 5.73. The molecule has 0 aromatic heterocycles. The van der Waals surface area contributed by atoms with E-state index in [9.17, 15) is 14.4 Å². The van der Waals surface area contributed by atoms with Crippen LogP contribution >= 0.6 is 15.9 Å². The number of amides is 2. The lowest BCUT2D eigenvalue weighted by Crippen LogP contribution is -2.43. The molecule has 2 amide bonds. The van der Waals surface area contributed by atoms with Crippen molar-refractivity contribution in [2.75, 3.05) is 13.7 Å². The number of ether oxygens (including phenoxy) is 2. The van der Waals surface area contributed by atoms with Gasteiger partial charge in [-0.05, 0) is 48.5 Å². The smallest absolute Gasteiger partial charge is 0.337 e. The Balaban J connectivity index is 1.79. The lowest BCUT2D eigenvalue weighted by Gasteiger charge is -2.09. The fraction of sp³-hybridized carbons (Fsp3) is 0.118. The van der Waals surface area contributed by atoms with Crippen molar-refractivity contribution in [2.24, 2.45) is 0 Å². The van der Waals surface area contributed by atoms with Crippen LogP contribution in [0.25, 0.3) is 0 Å². The second kappa shape index (κ2) is 8.84. The SMILES string of the molecule is COC(=O)c1ccc(C(=O)NNC(=O)COc2ccc(Br)cc2)cc1. The van der Waals surface area contributed by atoms with Crippen molar-refractivity contribution in [3.63, 3.8) is 0 Å². The van der Waals surface area contributed by atoms with Crippen molar-refractivity contribution in [1.82, 2.24) is 10.9 Å². The van der Waals surface area contributed by atoms with Crippen molar-refractivity contribution >= 4 is 33.7 Å². The molecular formula is C17H15BrN2O5. The predicted molar refractivity (Wildman–Crippen MR) is 93.0 cm³/mol. The van der Waals surface area contributed by atoms with Gasteiger partial charge in [0.2, 0.25) is 0 Å². The molecule has 0 saturated heterocycles. The van der Waals surface area contributed by atoms with Crippen LogP contribution in [0.2, 0.25) is 0 Å². The number of carbonyl (C=O) groups is 3. The topological polar surface area (TPSA) is 93.7 Å². The van der Waals surface area contributed by atoms with Crippen molar-refractivity contribution in [3.8, 4) is 5.75 Å². The zero-order valence-electron chi connectivity index (χ0n) is 13.2. The van der Waals surface area contributed by atoms with E-state index in [0.29, 0.717) is 11.3 Å². The molecule has 0 unspecified atom stereocenters. The number of hydrazine groups is 1. The van der Waals surface area contributed by atoms with Crippen LogP contribution in [-0.2, 0) is 9.53 Å². The Bertz CT molecular complexity index is 760. The number of carbonyl (C=O) groups excluding carboxylic acids is 3. The van der Waals surface area contributed by atoms with E-state index in [-0.39, 0.29) is 12.2 Å². The number of nitrogens with one attached hydrogen (secondary N) is 2. The number of hydrogen-bond acceptors (Lipinski definition) is 5. The molecule has 0 aliphatic heterocycles. The average Bonchev–Trinajstić information content (AvgIpc) is 2.65. The molecule has 0 aliphatic rings. The molecule has 0 bridgehead atoms. The molecule has 0 fully saturated rings. The number of esters is 1. The largest absolute Gasteiger partial charge is 0.484 e. The van der Waals surface area contributed by atoms with Crippen LogP contribution in [-0.4, -0.2) is 31.5 Å². The number of methoxy groups -OCH3 is 1. The highest BCUT2D eigenvalue weighted by molar-refractivity contribution is 9.10. The maximum atomic E-state index is 11.9. The number of rotatable bonds is 5. The van der Waals surface area contributed by atoms with Crippen LogP contribution in [0, 0.1) is 0 Å². The number of halogens is 1. The van der Waals surface area contributed by atoms with E-state index in [1.54, 1.807) is 24.3 Å². The normalized spacial score (nSPS) is 9.84. The van der Waals surface area contributed by atoms with Crippen molar-refractivity contribution in [3.05, 3.63) is 64.1 Å². The summed E-state index contributed by atoms with van der Waals surface area (Å²) in [6.45, 7) is -0.247. The van der Waals surface area contributed by atoms with Gasteiger partial charge in [-0.3, -0.25) is 20.4 Å². The Labute approximate surface area is 152 Å². The lowest BCUT2D eigenvalue weighted by atomic mass is 10.1. The van der Waals surface area contributed by atoms with Gasteiger partial charge in [0.05, 0.1) is 12.7 Å². The predicted octanol–water partition coefficient (Wildman–Crippen LogP) is 2.08. The Morgan fingerprint density at radius 3 is 2.12 bits per heavy atom. The van der Waals surface area contributed by atoms with Gasteiger partial charge in [-0.2, -0.15) is 0 Å². The molecule has 0 saturated carbocycles. The summed E-state index contributed by atoms with van der Waals surface area (Å²) in [5.74, 6) is -0.996. The molecule has 2 N–H and O–H groups in total. The van der Waals surface area contributed by atoms with E-state index in [0.717, 1.165) is 4.47 Å². The molecule has 0 radical (unpaired) electrons. The fourth-order valence-corrected chi connectivity index (χ4v) is 2.05. The Morgan fingerprint density at radius 2 is 1.52 bits per heavy atom. The monoisotopic (exact) mass is 406 g/mol. The zero-order chi connectivity index (χ0) is 18.2. The van der Waals surface area contributed by atoms with Crippen LogP contribution in [0.3, 0.4) is 0 Å². The molecule has 2 aromatic carbocycles. The van der Waals surface area contributed by atoms with E-state index in [1.807, 2.05) is 0 Å². The van der Waals surface area contributed by atoms with Crippen LogP contribution in [0.1, 0.15) is 20.7 Å². The first-order chi connectivity index (χ1) is 12.0. The number of hydrogen-bond donors (Lipinski definition) is 2. The molecule has 0 heterocycles. The minimum atomic E-state index is -0.520. The molecule has 0 atom stereocenters. The quantitative estimate of drug-likeness (QED) is 0.585.